The third-order valence-corrected chi connectivity index (χ3v) is 4.36. The summed E-state index contributed by atoms with van der Waals surface area (Å²) >= 11 is 6.04. The van der Waals surface area contributed by atoms with E-state index in [0.29, 0.717) is 10.5 Å². The highest BCUT2D eigenvalue weighted by Crippen LogP contribution is 2.37. The Balaban J connectivity index is 1.97. The maximum absolute atomic E-state index is 14.3. The van der Waals surface area contributed by atoms with Gasteiger partial charge in [0.05, 0.1) is 16.8 Å². The third kappa shape index (κ3) is 2.98. The number of benzene rings is 1. The van der Waals surface area contributed by atoms with Gasteiger partial charge < -0.3 is 9.47 Å². The minimum Gasteiger partial charge on any atom is -0.489 e. The fourth-order valence-electron chi connectivity index (χ4n) is 2.85. The van der Waals surface area contributed by atoms with Crippen LogP contribution in [0.3, 0.4) is 0 Å². The van der Waals surface area contributed by atoms with Crippen LogP contribution in [0.2, 0.25) is 5.02 Å². The van der Waals surface area contributed by atoms with Crippen molar-refractivity contribution in [2.45, 2.75) is 45.6 Å². The molecule has 2 aliphatic rings. The predicted octanol–water partition coefficient (Wildman–Crippen LogP) is 4.58. The number of rotatable bonds is 3. The van der Waals surface area contributed by atoms with Gasteiger partial charge in [-0.15, -0.1) is 0 Å². The van der Waals surface area contributed by atoms with Crippen molar-refractivity contribution in [2.24, 2.45) is 0 Å². The molecule has 1 saturated heterocycles. The molecule has 3 rings (SSSR count). The Morgan fingerprint density at radius 2 is 1.96 bits per heavy atom. The van der Waals surface area contributed by atoms with E-state index >= 15 is 0 Å². The maximum Gasteiger partial charge on any atom is 0.427 e. The lowest BCUT2D eigenvalue weighted by Crippen LogP contribution is -2.29. The zero-order valence-electron chi connectivity index (χ0n) is 13.4. The van der Waals surface area contributed by atoms with Gasteiger partial charge in [-0.1, -0.05) is 11.6 Å². The molecule has 7 heteroatoms. The predicted molar refractivity (Wildman–Crippen MR) is 86.6 cm³/mol. The molecule has 24 heavy (non-hydrogen) atoms. The zero-order valence-corrected chi connectivity index (χ0v) is 14.2. The zero-order chi connectivity index (χ0) is 17.4. The average Bonchev–Trinajstić information content (AvgIpc) is 3.11. The summed E-state index contributed by atoms with van der Waals surface area (Å²) in [7, 11) is 0. The molecular weight excluding hydrogens is 337 g/mol. The quantitative estimate of drug-likeness (QED) is 0.746. The monoisotopic (exact) mass is 353 g/mol. The molecule has 1 aromatic rings. The van der Waals surface area contributed by atoms with Gasteiger partial charge in [0.2, 0.25) is 0 Å². The van der Waals surface area contributed by atoms with Gasteiger partial charge in [0.25, 0.3) is 0 Å². The van der Waals surface area contributed by atoms with Crippen LogP contribution in [0.4, 0.5) is 14.9 Å². The van der Waals surface area contributed by atoms with Crippen LogP contribution in [0.15, 0.2) is 23.5 Å². The number of allylic oxidation sites excluding steroid dienone is 1. The number of hydrogen-bond acceptors (Lipinski definition) is 4. The van der Waals surface area contributed by atoms with Gasteiger partial charge in [0.15, 0.2) is 5.76 Å². The molecule has 1 aliphatic heterocycles. The summed E-state index contributed by atoms with van der Waals surface area (Å²) < 4.78 is 25.1. The molecule has 1 heterocycles. The molecule has 0 unspecified atom stereocenters. The molecular formula is C17H17ClFNO4. The lowest BCUT2D eigenvalue weighted by molar-refractivity contribution is -0.114. The minimum atomic E-state index is -0.941. The summed E-state index contributed by atoms with van der Waals surface area (Å²) in [6.45, 7) is 3.27. The summed E-state index contributed by atoms with van der Waals surface area (Å²) in [5.41, 5.74) is 0.311. The van der Waals surface area contributed by atoms with Crippen LogP contribution in [-0.2, 0) is 9.53 Å². The van der Waals surface area contributed by atoms with Crippen molar-refractivity contribution in [1.82, 2.24) is 0 Å². The largest absolute Gasteiger partial charge is 0.489 e. The van der Waals surface area contributed by atoms with Crippen LogP contribution in [-0.4, -0.2) is 18.1 Å². The first kappa shape index (κ1) is 16.8. The van der Waals surface area contributed by atoms with Gasteiger partial charge in [0.1, 0.15) is 11.6 Å². The molecule has 0 aromatic heterocycles. The van der Waals surface area contributed by atoms with Crippen LogP contribution in [0, 0.1) is 5.82 Å². The van der Waals surface area contributed by atoms with E-state index in [-0.39, 0.29) is 28.3 Å². The molecule has 0 spiro atoms. The molecule has 0 N–H and O–H groups in total. The number of hydrogen-bond donors (Lipinski definition) is 0. The molecule has 1 aromatic carbocycles. The molecule has 0 radical (unpaired) electrons. The highest BCUT2D eigenvalue weighted by Gasteiger charge is 2.40. The average molecular weight is 354 g/mol. The summed E-state index contributed by atoms with van der Waals surface area (Å²) in [6.07, 6.45) is 3.00. The second-order valence-electron chi connectivity index (χ2n) is 6.10. The van der Waals surface area contributed by atoms with Gasteiger partial charge in [-0.3, -0.25) is 4.79 Å². The molecule has 2 fully saturated rings. The van der Waals surface area contributed by atoms with Gasteiger partial charge in [0, 0.05) is 6.07 Å². The molecule has 2 amide bonds. The van der Waals surface area contributed by atoms with Crippen molar-refractivity contribution in [2.75, 3.05) is 4.90 Å². The van der Waals surface area contributed by atoms with Crippen LogP contribution in [0.1, 0.15) is 39.5 Å². The van der Waals surface area contributed by atoms with E-state index in [4.69, 9.17) is 21.1 Å². The number of anilines is 1. The summed E-state index contributed by atoms with van der Waals surface area (Å²) in [5, 5.41) is 0.102. The first-order chi connectivity index (χ1) is 11.4. The number of amides is 2. The molecule has 0 bridgehead atoms. The van der Waals surface area contributed by atoms with Crippen molar-refractivity contribution < 1.29 is 23.5 Å². The molecule has 0 atom stereocenters. The second-order valence-corrected chi connectivity index (χ2v) is 6.50. The summed E-state index contributed by atoms with van der Waals surface area (Å²) in [5.74, 6) is -1.33. The molecule has 128 valence electrons. The highest BCUT2D eigenvalue weighted by atomic mass is 35.5. The van der Waals surface area contributed by atoms with Crippen molar-refractivity contribution in [3.8, 4) is 5.75 Å². The van der Waals surface area contributed by atoms with E-state index in [2.05, 4.69) is 0 Å². The first-order valence-corrected chi connectivity index (χ1v) is 8.15. The lowest BCUT2D eigenvalue weighted by atomic mass is 10.2. The van der Waals surface area contributed by atoms with Crippen molar-refractivity contribution in [3.63, 3.8) is 0 Å². The van der Waals surface area contributed by atoms with Gasteiger partial charge in [-0.2, -0.15) is 0 Å². The fourth-order valence-corrected chi connectivity index (χ4v) is 3.05. The summed E-state index contributed by atoms with van der Waals surface area (Å²) in [6, 6.07) is 2.32. The molecule has 5 nitrogen and oxygen atoms in total. The van der Waals surface area contributed by atoms with E-state index in [1.807, 2.05) is 0 Å². The van der Waals surface area contributed by atoms with E-state index < -0.39 is 17.8 Å². The van der Waals surface area contributed by atoms with E-state index in [0.717, 1.165) is 31.7 Å². The maximum atomic E-state index is 14.3. The SMILES string of the molecule is CC(C)=C1OC(=O)N(c2cc(OC3CCCC3)c(Cl)cc2F)C1=O. The Bertz CT molecular complexity index is 736. The normalized spacial score (nSPS) is 18.3. The Kier molecular flexibility index (Phi) is 4.49. The number of nitrogens with zero attached hydrogens (tertiary/aromatic N) is 1. The summed E-state index contributed by atoms with van der Waals surface area (Å²) in [4.78, 5) is 25.0. The topological polar surface area (TPSA) is 55.8 Å². The Morgan fingerprint density at radius 3 is 2.54 bits per heavy atom. The second kappa shape index (κ2) is 6.43. The number of cyclic esters (lactones) is 1. The Labute approximate surface area is 144 Å². The number of carbonyl (C=O) groups excluding carboxylic acids is 2. The van der Waals surface area contributed by atoms with Gasteiger partial charge >= 0.3 is 12.0 Å². The lowest BCUT2D eigenvalue weighted by Gasteiger charge is -2.18. The Morgan fingerprint density at radius 1 is 1.29 bits per heavy atom. The van der Waals surface area contributed by atoms with E-state index in [1.54, 1.807) is 13.8 Å². The van der Waals surface area contributed by atoms with Crippen LogP contribution >= 0.6 is 11.6 Å². The Hall–Kier alpha value is -2.08. The fraction of sp³-hybridized carbons (Fsp3) is 0.412. The minimum absolute atomic E-state index is 0.00962. The third-order valence-electron chi connectivity index (χ3n) is 4.06. The number of imide groups is 1. The van der Waals surface area contributed by atoms with Crippen LogP contribution in [0.25, 0.3) is 0 Å². The van der Waals surface area contributed by atoms with E-state index in [1.165, 1.54) is 6.07 Å². The first-order valence-electron chi connectivity index (χ1n) is 7.78. The van der Waals surface area contributed by atoms with Crippen molar-refractivity contribution >= 4 is 29.3 Å². The number of ether oxygens (including phenoxy) is 2. The van der Waals surface area contributed by atoms with Crippen LogP contribution in [0.5, 0.6) is 5.75 Å². The van der Waals surface area contributed by atoms with Crippen molar-refractivity contribution in [1.29, 1.82) is 0 Å². The van der Waals surface area contributed by atoms with Gasteiger partial charge in [-0.05, 0) is 51.2 Å². The standard InChI is InChI=1S/C17H17ClFNO4/c1-9(2)15-16(21)20(17(22)24-15)13-8-14(11(18)7-12(13)19)23-10-5-3-4-6-10/h7-8,10H,3-6H2,1-2H3. The molecule has 1 saturated carbocycles. The van der Waals surface area contributed by atoms with Crippen LogP contribution < -0.4 is 9.64 Å². The van der Waals surface area contributed by atoms with E-state index in [9.17, 15) is 14.0 Å². The van der Waals surface area contributed by atoms with Crippen molar-refractivity contribution in [3.05, 3.63) is 34.3 Å². The van der Waals surface area contributed by atoms with Gasteiger partial charge in [-0.25, -0.2) is 14.1 Å². The number of carbonyl (C=O) groups is 2. The molecule has 1 aliphatic carbocycles. The smallest absolute Gasteiger partial charge is 0.427 e. The number of halogens is 2. The highest BCUT2D eigenvalue weighted by molar-refractivity contribution is 6.32.